The van der Waals surface area contributed by atoms with Crippen molar-refractivity contribution in [1.29, 1.82) is 0 Å². The second kappa shape index (κ2) is 6.66. The van der Waals surface area contributed by atoms with E-state index in [1.54, 1.807) is 0 Å². The number of aryl methyl sites for hydroxylation is 2. The molecule has 0 aliphatic rings. The van der Waals surface area contributed by atoms with Crippen LogP contribution < -0.4 is 11.3 Å². The molecule has 1 aromatic heterocycles. The molecule has 1 rings (SSSR count). The summed E-state index contributed by atoms with van der Waals surface area (Å²) in [6, 6.07) is 0.395. The molecule has 4 heteroatoms. The highest BCUT2D eigenvalue weighted by Crippen LogP contribution is 2.16. The van der Waals surface area contributed by atoms with E-state index in [4.69, 9.17) is 5.84 Å². The van der Waals surface area contributed by atoms with Crippen LogP contribution in [0.1, 0.15) is 38.9 Å². The molecule has 16 heavy (non-hydrogen) atoms. The molecule has 92 valence electrons. The van der Waals surface area contributed by atoms with Gasteiger partial charge < -0.3 is 4.57 Å². The summed E-state index contributed by atoms with van der Waals surface area (Å²) in [6.45, 7) is 4.44. The number of nitrogens with two attached hydrogens (primary N) is 1. The molecule has 3 N–H and O–H groups in total. The zero-order valence-corrected chi connectivity index (χ0v) is 10.6. The Morgan fingerprint density at radius 3 is 2.56 bits per heavy atom. The average Bonchev–Trinajstić information content (AvgIpc) is 2.70. The fourth-order valence-electron chi connectivity index (χ4n) is 2.23. The summed E-state index contributed by atoms with van der Waals surface area (Å²) in [4.78, 5) is 4.33. The molecular formula is C12H24N4. The first-order valence-electron chi connectivity index (χ1n) is 6.15. The van der Waals surface area contributed by atoms with Crippen molar-refractivity contribution in [2.45, 2.75) is 45.6 Å². The Hall–Kier alpha value is -0.870. The van der Waals surface area contributed by atoms with Crippen molar-refractivity contribution in [1.82, 2.24) is 15.0 Å². The van der Waals surface area contributed by atoms with Crippen molar-refractivity contribution >= 4 is 0 Å². The summed E-state index contributed by atoms with van der Waals surface area (Å²) in [6.07, 6.45) is 8.20. The number of hydrogen-bond donors (Lipinski definition) is 2. The SMILES string of the molecule is CCC(CC)C(CCc1nccn1C)NN. The van der Waals surface area contributed by atoms with Gasteiger partial charge in [0.25, 0.3) is 0 Å². The van der Waals surface area contributed by atoms with E-state index in [1.807, 2.05) is 19.4 Å². The van der Waals surface area contributed by atoms with Crippen LogP contribution in [0.25, 0.3) is 0 Å². The van der Waals surface area contributed by atoms with Crippen LogP contribution in [0.15, 0.2) is 12.4 Å². The zero-order valence-electron chi connectivity index (χ0n) is 10.6. The van der Waals surface area contributed by atoms with E-state index in [1.165, 1.54) is 12.8 Å². The molecule has 1 atom stereocenters. The second-order valence-corrected chi connectivity index (χ2v) is 4.34. The summed E-state index contributed by atoms with van der Waals surface area (Å²) < 4.78 is 2.07. The maximum absolute atomic E-state index is 5.63. The number of nitrogens with one attached hydrogen (secondary N) is 1. The summed E-state index contributed by atoms with van der Waals surface area (Å²) in [5.41, 5.74) is 2.95. The quantitative estimate of drug-likeness (QED) is 0.546. The predicted octanol–water partition coefficient (Wildman–Crippen LogP) is 1.62. The zero-order chi connectivity index (χ0) is 12.0. The van der Waals surface area contributed by atoms with Crippen LogP contribution in [0.3, 0.4) is 0 Å². The molecule has 0 saturated carbocycles. The van der Waals surface area contributed by atoms with Crippen LogP contribution in [0.2, 0.25) is 0 Å². The molecule has 0 bridgehead atoms. The Balaban J connectivity index is 2.48. The van der Waals surface area contributed by atoms with Crippen LogP contribution in [0, 0.1) is 5.92 Å². The molecule has 0 radical (unpaired) electrons. The van der Waals surface area contributed by atoms with Gasteiger partial charge in [-0.3, -0.25) is 11.3 Å². The summed E-state index contributed by atoms with van der Waals surface area (Å²) >= 11 is 0. The molecule has 0 saturated heterocycles. The van der Waals surface area contributed by atoms with Crippen molar-refractivity contribution in [3.05, 3.63) is 18.2 Å². The minimum absolute atomic E-state index is 0.395. The van der Waals surface area contributed by atoms with Crippen molar-refractivity contribution in [3.63, 3.8) is 0 Å². The monoisotopic (exact) mass is 224 g/mol. The summed E-state index contributed by atoms with van der Waals surface area (Å²) in [5.74, 6) is 7.41. The van der Waals surface area contributed by atoms with E-state index < -0.39 is 0 Å². The normalized spacial score (nSPS) is 13.3. The maximum Gasteiger partial charge on any atom is 0.108 e. The van der Waals surface area contributed by atoms with Gasteiger partial charge in [-0.15, -0.1) is 0 Å². The molecule has 1 heterocycles. The number of imidazole rings is 1. The molecule has 4 nitrogen and oxygen atoms in total. The highest BCUT2D eigenvalue weighted by Gasteiger charge is 2.17. The van der Waals surface area contributed by atoms with E-state index in [-0.39, 0.29) is 0 Å². The van der Waals surface area contributed by atoms with E-state index in [9.17, 15) is 0 Å². The molecule has 0 aromatic carbocycles. The Morgan fingerprint density at radius 2 is 2.12 bits per heavy atom. The third-order valence-corrected chi connectivity index (χ3v) is 3.43. The highest BCUT2D eigenvalue weighted by atomic mass is 15.2. The molecular weight excluding hydrogens is 200 g/mol. The summed E-state index contributed by atoms with van der Waals surface area (Å²) in [7, 11) is 2.03. The van der Waals surface area contributed by atoms with Crippen LogP contribution in [0.4, 0.5) is 0 Å². The van der Waals surface area contributed by atoms with E-state index >= 15 is 0 Å². The highest BCUT2D eigenvalue weighted by molar-refractivity contribution is 4.92. The molecule has 0 spiro atoms. The van der Waals surface area contributed by atoms with Crippen molar-refractivity contribution in [3.8, 4) is 0 Å². The predicted molar refractivity (Wildman–Crippen MR) is 66.7 cm³/mol. The molecule has 0 aliphatic carbocycles. The van der Waals surface area contributed by atoms with Crippen molar-refractivity contribution in [2.24, 2.45) is 18.8 Å². The van der Waals surface area contributed by atoms with E-state index in [2.05, 4.69) is 28.8 Å². The van der Waals surface area contributed by atoms with Crippen molar-refractivity contribution in [2.75, 3.05) is 0 Å². The third kappa shape index (κ3) is 3.32. The largest absolute Gasteiger partial charge is 0.338 e. The second-order valence-electron chi connectivity index (χ2n) is 4.34. The molecule has 0 amide bonds. The van der Waals surface area contributed by atoms with Crippen LogP contribution in [-0.2, 0) is 13.5 Å². The lowest BCUT2D eigenvalue weighted by Gasteiger charge is -2.24. The van der Waals surface area contributed by atoms with Gasteiger partial charge in [-0.25, -0.2) is 4.98 Å². The molecule has 1 unspecified atom stereocenters. The Morgan fingerprint density at radius 1 is 1.44 bits per heavy atom. The lowest BCUT2D eigenvalue weighted by Crippen LogP contribution is -2.41. The lowest BCUT2D eigenvalue weighted by molar-refractivity contribution is 0.319. The Bertz CT molecular complexity index is 291. The van der Waals surface area contributed by atoms with Crippen molar-refractivity contribution < 1.29 is 0 Å². The number of rotatable bonds is 7. The standard InChI is InChI=1S/C12H24N4/c1-4-10(5-2)11(15-13)6-7-12-14-8-9-16(12)3/h8-11,15H,4-7,13H2,1-3H3. The van der Waals surface area contributed by atoms with Gasteiger partial charge in [-0.2, -0.15) is 0 Å². The van der Waals surface area contributed by atoms with Gasteiger partial charge in [-0.05, 0) is 12.3 Å². The lowest BCUT2D eigenvalue weighted by atomic mass is 9.91. The number of nitrogens with zero attached hydrogens (tertiary/aromatic N) is 2. The molecule has 1 aromatic rings. The van der Waals surface area contributed by atoms with E-state index in [0.29, 0.717) is 12.0 Å². The first kappa shape index (κ1) is 13.2. The first-order valence-corrected chi connectivity index (χ1v) is 6.15. The first-order chi connectivity index (χ1) is 7.72. The van der Waals surface area contributed by atoms with Gasteiger partial charge in [0, 0.05) is 31.9 Å². The van der Waals surface area contributed by atoms with Gasteiger partial charge in [0.15, 0.2) is 0 Å². The molecule has 0 aliphatic heterocycles. The van der Waals surface area contributed by atoms with E-state index in [0.717, 1.165) is 18.7 Å². The topological polar surface area (TPSA) is 55.9 Å². The van der Waals surface area contributed by atoms with Crippen LogP contribution in [0.5, 0.6) is 0 Å². The smallest absolute Gasteiger partial charge is 0.108 e. The Labute approximate surface area is 98.2 Å². The number of hydrogen-bond acceptors (Lipinski definition) is 3. The fourth-order valence-corrected chi connectivity index (χ4v) is 2.23. The maximum atomic E-state index is 5.63. The molecule has 0 fully saturated rings. The average molecular weight is 224 g/mol. The number of hydrazine groups is 1. The number of aromatic nitrogens is 2. The van der Waals surface area contributed by atoms with Crippen LogP contribution >= 0.6 is 0 Å². The summed E-state index contributed by atoms with van der Waals surface area (Å²) in [5, 5.41) is 0. The van der Waals surface area contributed by atoms with Crippen LogP contribution in [-0.4, -0.2) is 15.6 Å². The minimum atomic E-state index is 0.395. The van der Waals surface area contributed by atoms with Gasteiger partial charge in [0.1, 0.15) is 5.82 Å². The third-order valence-electron chi connectivity index (χ3n) is 3.43. The van der Waals surface area contributed by atoms with Gasteiger partial charge in [0.05, 0.1) is 0 Å². The Kier molecular flexibility index (Phi) is 5.49. The van der Waals surface area contributed by atoms with Gasteiger partial charge in [0.2, 0.25) is 0 Å². The fraction of sp³-hybridized carbons (Fsp3) is 0.750. The minimum Gasteiger partial charge on any atom is -0.338 e. The van der Waals surface area contributed by atoms with Gasteiger partial charge >= 0.3 is 0 Å². The van der Waals surface area contributed by atoms with Gasteiger partial charge in [-0.1, -0.05) is 26.7 Å².